The molecule has 2 rings (SSSR count). The monoisotopic (exact) mass is 314 g/mol. The smallest absolute Gasteiger partial charge is 0.310 e. The van der Waals surface area contributed by atoms with Crippen molar-refractivity contribution in [2.45, 2.75) is 39.7 Å². The first-order chi connectivity index (χ1) is 8.52. The number of carbonyl (C=O) groups is 1. The van der Waals surface area contributed by atoms with Crippen molar-refractivity contribution in [1.29, 1.82) is 0 Å². The van der Waals surface area contributed by atoms with Gasteiger partial charge in [-0.3, -0.25) is 4.79 Å². The Kier molecular flexibility index (Phi) is 4.10. The minimum Gasteiger partial charge on any atom is -0.469 e. The van der Waals surface area contributed by atoms with Crippen LogP contribution in [-0.4, -0.2) is 22.6 Å². The SMILES string of the molecule is COC(=O)C1CCc2c(Br)nc(CC(C)C)n2C1. The van der Waals surface area contributed by atoms with Crippen molar-refractivity contribution in [2.75, 3.05) is 7.11 Å². The van der Waals surface area contributed by atoms with Crippen LogP contribution >= 0.6 is 15.9 Å². The van der Waals surface area contributed by atoms with E-state index >= 15 is 0 Å². The van der Waals surface area contributed by atoms with Gasteiger partial charge in [0.25, 0.3) is 0 Å². The molecule has 0 spiro atoms. The highest BCUT2D eigenvalue weighted by Gasteiger charge is 2.29. The van der Waals surface area contributed by atoms with Gasteiger partial charge in [0.2, 0.25) is 0 Å². The van der Waals surface area contributed by atoms with Gasteiger partial charge in [0.1, 0.15) is 10.4 Å². The number of ether oxygens (including phenoxy) is 1. The maximum Gasteiger partial charge on any atom is 0.310 e. The van der Waals surface area contributed by atoms with E-state index in [0.717, 1.165) is 29.7 Å². The highest BCUT2D eigenvalue weighted by molar-refractivity contribution is 9.10. The molecule has 0 saturated carbocycles. The van der Waals surface area contributed by atoms with Crippen LogP contribution in [-0.2, 0) is 28.9 Å². The molecule has 1 unspecified atom stereocenters. The van der Waals surface area contributed by atoms with Gasteiger partial charge < -0.3 is 9.30 Å². The van der Waals surface area contributed by atoms with Crippen LogP contribution in [0.25, 0.3) is 0 Å². The summed E-state index contributed by atoms with van der Waals surface area (Å²) in [7, 11) is 1.46. The van der Waals surface area contributed by atoms with Crippen molar-refractivity contribution in [2.24, 2.45) is 11.8 Å². The number of fused-ring (bicyclic) bond motifs is 1. The molecule has 0 N–H and O–H groups in total. The van der Waals surface area contributed by atoms with Crippen LogP contribution in [0, 0.1) is 11.8 Å². The van der Waals surface area contributed by atoms with Crippen molar-refractivity contribution in [3.05, 3.63) is 16.1 Å². The lowest BCUT2D eigenvalue weighted by Gasteiger charge is -2.24. The molecular formula is C13H19BrN2O2. The fourth-order valence-electron chi connectivity index (χ4n) is 2.46. The Morgan fingerprint density at radius 2 is 2.33 bits per heavy atom. The van der Waals surface area contributed by atoms with Crippen molar-refractivity contribution in [3.8, 4) is 0 Å². The van der Waals surface area contributed by atoms with E-state index in [1.807, 2.05) is 0 Å². The van der Waals surface area contributed by atoms with Crippen molar-refractivity contribution >= 4 is 21.9 Å². The number of esters is 1. The van der Waals surface area contributed by atoms with Crippen LogP contribution in [0.5, 0.6) is 0 Å². The van der Waals surface area contributed by atoms with Crippen molar-refractivity contribution < 1.29 is 9.53 Å². The van der Waals surface area contributed by atoms with Gasteiger partial charge in [-0.2, -0.15) is 0 Å². The Balaban J connectivity index is 2.26. The summed E-state index contributed by atoms with van der Waals surface area (Å²) in [5.41, 5.74) is 1.21. The lowest BCUT2D eigenvalue weighted by atomic mass is 9.98. The van der Waals surface area contributed by atoms with E-state index in [4.69, 9.17) is 4.74 Å². The molecule has 0 aromatic carbocycles. The summed E-state index contributed by atoms with van der Waals surface area (Å²) < 4.78 is 7.97. The molecule has 1 atom stereocenters. The summed E-state index contributed by atoms with van der Waals surface area (Å²) >= 11 is 3.52. The molecule has 1 aromatic heterocycles. The quantitative estimate of drug-likeness (QED) is 0.805. The summed E-state index contributed by atoms with van der Waals surface area (Å²) in [4.78, 5) is 16.2. The Hall–Kier alpha value is -0.840. The van der Waals surface area contributed by atoms with Gasteiger partial charge in [-0.05, 0) is 34.7 Å². The van der Waals surface area contributed by atoms with Gasteiger partial charge in [0, 0.05) is 13.0 Å². The highest BCUT2D eigenvalue weighted by Crippen LogP contribution is 2.29. The first-order valence-electron chi connectivity index (χ1n) is 6.34. The highest BCUT2D eigenvalue weighted by atomic mass is 79.9. The second kappa shape index (κ2) is 5.43. The molecule has 2 heterocycles. The number of methoxy groups -OCH3 is 1. The average molecular weight is 315 g/mol. The largest absolute Gasteiger partial charge is 0.469 e. The molecule has 0 radical (unpaired) electrons. The number of halogens is 1. The van der Waals surface area contributed by atoms with Crippen LogP contribution in [0.2, 0.25) is 0 Å². The third-order valence-electron chi connectivity index (χ3n) is 3.36. The van der Waals surface area contributed by atoms with Gasteiger partial charge >= 0.3 is 5.97 Å². The Morgan fingerprint density at radius 1 is 1.61 bits per heavy atom. The maximum absolute atomic E-state index is 11.6. The number of hydrogen-bond acceptors (Lipinski definition) is 3. The zero-order chi connectivity index (χ0) is 13.3. The predicted octanol–water partition coefficient (Wildman–Crippen LogP) is 2.58. The molecule has 1 aliphatic rings. The normalized spacial score (nSPS) is 18.8. The third kappa shape index (κ3) is 2.60. The zero-order valence-electron chi connectivity index (χ0n) is 11.1. The lowest BCUT2D eigenvalue weighted by molar-refractivity contribution is -0.146. The minimum atomic E-state index is -0.110. The first kappa shape index (κ1) is 13.6. The van der Waals surface area contributed by atoms with Gasteiger partial charge in [-0.15, -0.1) is 0 Å². The van der Waals surface area contributed by atoms with Gasteiger partial charge in [0.15, 0.2) is 0 Å². The molecule has 100 valence electrons. The van der Waals surface area contributed by atoms with Crippen LogP contribution in [0.15, 0.2) is 4.60 Å². The Morgan fingerprint density at radius 3 is 2.94 bits per heavy atom. The summed E-state index contributed by atoms with van der Waals surface area (Å²) in [6.45, 7) is 5.05. The van der Waals surface area contributed by atoms with Crippen LogP contribution in [0.3, 0.4) is 0 Å². The fraction of sp³-hybridized carbons (Fsp3) is 0.692. The Bertz CT molecular complexity index is 454. The summed E-state index contributed by atoms with van der Waals surface area (Å²) in [6.07, 6.45) is 2.66. The standard InChI is InChI=1S/C13H19BrN2O2/c1-8(2)6-11-15-12(14)10-5-4-9(7-16(10)11)13(17)18-3/h8-9H,4-7H2,1-3H3. The van der Waals surface area contributed by atoms with E-state index in [2.05, 4.69) is 39.3 Å². The number of nitrogens with zero attached hydrogens (tertiary/aromatic N) is 2. The number of hydrogen-bond donors (Lipinski definition) is 0. The molecule has 0 aliphatic carbocycles. The fourth-order valence-corrected chi connectivity index (χ4v) is 3.08. The Labute approximate surface area is 116 Å². The van der Waals surface area contributed by atoms with E-state index in [9.17, 15) is 4.79 Å². The molecule has 0 bridgehead atoms. The number of carbonyl (C=O) groups excluding carboxylic acids is 1. The molecule has 5 heteroatoms. The van der Waals surface area contributed by atoms with E-state index < -0.39 is 0 Å². The van der Waals surface area contributed by atoms with E-state index in [-0.39, 0.29) is 11.9 Å². The number of imidazole rings is 1. The van der Waals surface area contributed by atoms with Crippen LogP contribution < -0.4 is 0 Å². The molecule has 0 saturated heterocycles. The van der Waals surface area contributed by atoms with Crippen molar-refractivity contribution in [3.63, 3.8) is 0 Å². The van der Waals surface area contributed by atoms with Crippen molar-refractivity contribution in [1.82, 2.24) is 9.55 Å². The number of rotatable bonds is 3. The second-order valence-electron chi connectivity index (χ2n) is 5.23. The second-order valence-corrected chi connectivity index (χ2v) is 5.98. The zero-order valence-corrected chi connectivity index (χ0v) is 12.7. The summed E-state index contributed by atoms with van der Waals surface area (Å²) in [5, 5.41) is 0. The molecular weight excluding hydrogens is 296 g/mol. The summed E-state index contributed by atoms with van der Waals surface area (Å²) in [5.74, 6) is 1.48. The molecule has 0 amide bonds. The summed E-state index contributed by atoms with van der Waals surface area (Å²) in [6, 6.07) is 0. The third-order valence-corrected chi connectivity index (χ3v) is 4.00. The lowest BCUT2D eigenvalue weighted by Crippen LogP contribution is -2.28. The molecule has 1 aromatic rings. The average Bonchev–Trinajstić information content (AvgIpc) is 2.64. The van der Waals surface area contributed by atoms with E-state index in [0.29, 0.717) is 12.5 Å². The molecule has 18 heavy (non-hydrogen) atoms. The van der Waals surface area contributed by atoms with Gasteiger partial charge in [0.05, 0.1) is 18.7 Å². The molecule has 1 aliphatic heterocycles. The maximum atomic E-state index is 11.6. The first-order valence-corrected chi connectivity index (χ1v) is 7.13. The number of aromatic nitrogens is 2. The van der Waals surface area contributed by atoms with Crippen LogP contribution in [0.4, 0.5) is 0 Å². The molecule has 4 nitrogen and oxygen atoms in total. The van der Waals surface area contributed by atoms with E-state index in [1.54, 1.807) is 0 Å². The topological polar surface area (TPSA) is 44.1 Å². The molecule has 0 fully saturated rings. The van der Waals surface area contributed by atoms with Crippen LogP contribution in [0.1, 0.15) is 31.8 Å². The van der Waals surface area contributed by atoms with Gasteiger partial charge in [-0.25, -0.2) is 4.98 Å². The minimum absolute atomic E-state index is 0.0329. The van der Waals surface area contributed by atoms with E-state index in [1.165, 1.54) is 12.8 Å². The van der Waals surface area contributed by atoms with Gasteiger partial charge in [-0.1, -0.05) is 13.8 Å². The predicted molar refractivity (Wildman–Crippen MR) is 72.3 cm³/mol.